The van der Waals surface area contributed by atoms with Gasteiger partial charge in [0.1, 0.15) is 23.1 Å². The summed E-state index contributed by atoms with van der Waals surface area (Å²) in [5.41, 5.74) is 0. The van der Waals surface area contributed by atoms with Crippen molar-refractivity contribution < 1.29 is 17.5 Å². The van der Waals surface area contributed by atoms with Crippen LogP contribution < -0.4 is 4.74 Å². The van der Waals surface area contributed by atoms with Crippen molar-refractivity contribution >= 4 is 10.0 Å². The van der Waals surface area contributed by atoms with E-state index < -0.39 is 15.8 Å². The number of nitrogens with zero attached hydrogens (tertiary/aromatic N) is 1. The van der Waals surface area contributed by atoms with Gasteiger partial charge in [0.25, 0.3) is 0 Å². The fourth-order valence-corrected chi connectivity index (χ4v) is 2.97. The Morgan fingerprint density at radius 1 is 1.05 bits per heavy atom. The normalized spacial score (nSPS) is 11.6. The third-order valence-electron chi connectivity index (χ3n) is 2.94. The van der Waals surface area contributed by atoms with E-state index in [0.717, 1.165) is 10.4 Å². The van der Waals surface area contributed by atoms with E-state index in [1.165, 1.54) is 25.2 Å². The second-order valence-electron chi connectivity index (χ2n) is 4.42. The quantitative estimate of drug-likeness (QED) is 0.824. The van der Waals surface area contributed by atoms with Gasteiger partial charge in [-0.2, -0.15) is 4.31 Å². The smallest absolute Gasteiger partial charge is 0.245 e. The van der Waals surface area contributed by atoms with Crippen LogP contribution in [-0.4, -0.2) is 32.9 Å². The molecular formula is C15H16FNO3S. The topological polar surface area (TPSA) is 46.6 Å². The number of benzene rings is 2. The summed E-state index contributed by atoms with van der Waals surface area (Å²) in [7, 11) is -2.45. The molecule has 0 radical (unpaired) electrons. The number of likely N-dealkylation sites (N-methyl/N-ethyl adjacent to an activating group) is 1. The third kappa shape index (κ3) is 3.80. The van der Waals surface area contributed by atoms with Gasteiger partial charge in [0.05, 0.1) is 0 Å². The molecule has 0 saturated carbocycles. The highest BCUT2D eigenvalue weighted by Crippen LogP contribution is 2.17. The van der Waals surface area contributed by atoms with Crippen molar-refractivity contribution in [3.63, 3.8) is 0 Å². The number of halogens is 1. The average Bonchev–Trinajstić information content (AvgIpc) is 2.48. The van der Waals surface area contributed by atoms with Gasteiger partial charge in [-0.1, -0.05) is 30.3 Å². The summed E-state index contributed by atoms with van der Waals surface area (Å²) >= 11 is 0. The van der Waals surface area contributed by atoms with Crippen molar-refractivity contribution in [3.05, 3.63) is 60.4 Å². The highest BCUT2D eigenvalue weighted by atomic mass is 32.2. The van der Waals surface area contributed by atoms with Crippen LogP contribution in [0.15, 0.2) is 59.5 Å². The van der Waals surface area contributed by atoms with Crippen molar-refractivity contribution in [2.75, 3.05) is 20.2 Å². The van der Waals surface area contributed by atoms with Crippen LogP contribution in [0.2, 0.25) is 0 Å². The molecule has 0 bridgehead atoms. The molecule has 0 saturated heterocycles. The Morgan fingerprint density at radius 2 is 1.67 bits per heavy atom. The van der Waals surface area contributed by atoms with Gasteiger partial charge in [0.15, 0.2) is 0 Å². The van der Waals surface area contributed by atoms with Crippen LogP contribution in [0.25, 0.3) is 0 Å². The number of hydrogen-bond acceptors (Lipinski definition) is 3. The molecule has 4 nitrogen and oxygen atoms in total. The molecule has 0 fully saturated rings. The van der Waals surface area contributed by atoms with E-state index in [-0.39, 0.29) is 18.0 Å². The average molecular weight is 309 g/mol. The number of rotatable bonds is 6. The molecule has 0 atom stereocenters. The monoisotopic (exact) mass is 309 g/mol. The lowest BCUT2D eigenvalue weighted by atomic mass is 10.3. The largest absolute Gasteiger partial charge is 0.492 e. The predicted octanol–water partition coefficient (Wildman–Crippen LogP) is 2.53. The summed E-state index contributed by atoms with van der Waals surface area (Å²) in [5.74, 6) is -0.0949. The molecule has 2 rings (SSSR count). The number of para-hydroxylation sites is 1. The molecule has 0 aromatic heterocycles. The molecule has 2 aromatic carbocycles. The van der Waals surface area contributed by atoms with Crippen LogP contribution in [0.1, 0.15) is 0 Å². The van der Waals surface area contributed by atoms with Gasteiger partial charge in [-0.15, -0.1) is 0 Å². The summed E-state index contributed by atoms with van der Waals surface area (Å²) < 4.78 is 44.6. The van der Waals surface area contributed by atoms with Crippen molar-refractivity contribution in [3.8, 4) is 5.75 Å². The van der Waals surface area contributed by atoms with E-state index in [4.69, 9.17) is 4.74 Å². The summed E-state index contributed by atoms with van der Waals surface area (Å²) in [6.45, 7) is 0.319. The van der Waals surface area contributed by atoms with Gasteiger partial charge in [0.2, 0.25) is 10.0 Å². The number of ether oxygens (including phenoxy) is 1. The molecule has 0 heterocycles. The second kappa shape index (κ2) is 6.69. The van der Waals surface area contributed by atoms with Crippen LogP contribution >= 0.6 is 0 Å². The molecule has 0 amide bonds. The van der Waals surface area contributed by atoms with Gasteiger partial charge in [-0.25, -0.2) is 12.8 Å². The zero-order chi connectivity index (χ0) is 15.3. The molecule has 0 aliphatic carbocycles. The first-order valence-electron chi connectivity index (χ1n) is 6.40. The SMILES string of the molecule is CN(CCOc1ccccc1)S(=O)(=O)c1ccccc1F. The molecule has 21 heavy (non-hydrogen) atoms. The van der Waals surface area contributed by atoms with E-state index in [1.54, 1.807) is 12.1 Å². The fraction of sp³-hybridized carbons (Fsp3) is 0.200. The maximum absolute atomic E-state index is 13.6. The van der Waals surface area contributed by atoms with Crippen molar-refractivity contribution in [2.24, 2.45) is 0 Å². The zero-order valence-corrected chi connectivity index (χ0v) is 12.4. The predicted molar refractivity (Wildman–Crippen MR) is 78.2 cm³/mol. The van der Waals surface area contributed by atoms with E-state index in [2.05, 4.69) is 0 Å². The Hall–Kier alpha value is -1.92. The van der Waals surface area contributed by atoms with Gasteiger partial charge in [-0.05, 0) is 24.3 Å². The minimum atomic E-state index is -3.85. The summed E-state index contributed by atoms with van der Waals surface area (Å²) in [6.07, 6.45) is 0. The molecule has 6 heteroatoms. The first-order valence-corrected chi connectivity index (χ1v) is 7.84. The van der Waals surface area contributed by atoms with Crippen molar-refractivity contribution in [1.29, 1.82) is 0 Å². The highest BCUT2D eigenvalue weighted by molar-refractivity contribution is 7.89. The minimum Gasteiger partial charge on any atom is -0.492 e. The van der Waals surface area contributed by atoms with E-state index >= 15 is 0 Å². The summed E-state index contributed by atoms with van der Waals surface area (Å²) in [5, 5.41) is 0. The van der Waals surface area contributed by atoms with Crippen LogP contribution in [0.3, 0.4) is 0 Å². The van der Waals surface area contributed by atoms with Crippen LogP contribution in [-0.2, 0) is 10.0 Å². The Morgan fingerprint density at radius 3 is 2.33 bits per heavy atom. The summed E-state index contributed by atoms with van der Waals surface area (Å²) in [6, 6.07) is 14.4. The third-order valence-corrected chi connectivity index (χ3v) is 4.83. The first kappa shape index (κ1) is 15.5. The van der Waals surface area contributed by atoms with Crippen LogP contribution in [0.4, 0.5) is 4.39 Å². The maximum Gasteiger partial charge on any atom is 0.245 e. The fourth-order valence-electron chi connectivity index (χ4n) is 1.75. The standard InChI is InChI=1S/C15H16FNO3S/c1-17(11-12-20-13-7-3-2-4-8-13)21(18,19)15-10-6-5-9-14(15)16/h2-10H,11-12H2,1H3. The van der Waals surface area contributed by atoms with E-state index in [0.29, 0.717) is 5.75 Å². The molecule has 0 aliphatic rings. The molecule has 112 valence electrons. The van der Waals surface area contributed by atoms with Crippen molar-refractivity contribution in [2.45, 2.75) is 4.90 Å². The van der Waals surface area contributed by atoms with Crippen LogP contribution in [0.5, 0.6) is 5.75 Å². The van der Waals surface area contributed by atoms with Gasteiger partial charge < -0.3 is 4.74 Å². The lowest BCUT2D eigenvalue weighted by Crippen LogP contribution is -2.31. The Kier molecular flexibility index (Phi) is 4.93. The molecule has 0 unspecified atom stereocenters. The number of sulfonamides is 1. The Bertz CT molecular complexity index is 689. The maximum atomic E-state index is 13.6. The molecule has 0 spiro atoms. The van der Waals surface area contributed by atoms with Gasteiger partial charge >= 0.3 is 0 Å². The minimum absolute atomic E-state index is 0.131. The highest BCUT2D eigenvalue weighted by Gasteiger charge is 2.23. The molecule has 2 aromatic rings. The molecular weight excluding hydrogens is 293 g/mol. The Balaban J connectivity index is 2.00. The van der Waals surface area contributed by atoms with Crippen molar-refractivity contribution in [1.82, 2.24) is 4.31 Å². The second-order valence-corrected chi connectivity index (χ2v) is 6.43. The molecule has 0 aliphatic heterocycles. The zero-order valence-electron chi connectivity index (χ0n) is 11.6. The Labute approximate surface area is 123 Å². The van der Waals surface area contributed by atoms with E-state index in [1.807, 2.05) is 18.2 Å². The van der Waals surface area contributed by atoms with Crippen LogP contribution in [0, 0.1) is 5.82 Å². The van der Waals surface area contributed by atoms with E-state index in [9.17, 15) is 12.8 Å². The summed E-state index contributed by atoms with van der Waals surface area (Å²) in [4.78, 5) is -0.327. The lowest BCUT2D eigenvalue weighted by molar-refractivity contribution is 0.286. The first-order chi connectivity index (χ1) is 10.0. The molecule has 0 N–H and O–H groups in total. The van der Waals surface area contributed by atoms with Gasteiger partial charge in [0, 0.05) is 13.6 Å². The lowest BCUT2D eigenvalue weighted by Gasteiger charge is -2.17. The number of hydrogen-bond donors (Lipinski definition) is 0. The van der Waals surface area contributed by atoms with Gasteiger partial charge in [-0.3, -0.25) is 0 Å².